The monoisotopic (exact) mass is 364 g/mol. The topological polar surface area (TPSA) is 59.8 Å². The third kappa shape index (κ3) is 3.51. The Hall–Kier alpha value is -2.60. The van der Waals surface area contributed by atoms with E-state index >= 15 is 0 Å². The molecule has 0 saturated heterocycles. The van der Waals surface area contributed by atoms with Crippen molar-refractivity contribution in [2.75, 3.05) is 5.32 Å². The van der Waals surface area contributed by atoms with Gasteiger partial charge in [0.2, 0.25) is 0 Å². The minimum atomic E-state index is -0.117. The fourth-order valence-corrected chi connectivity index (χ4v) is 4.26. The summed E-state index contributed by atoms with van der Waals surface area (Å²) in [5.41, 5.74) is 5.37. The number of nitrogens with one attached hydrogen (secondary N) is 1. The number of nitrogens with zero attached hydrogens (tertiary/aromatic N) is 3. The lowest BCUT2D eigenvalue weighted by Crippen LogP contribution is -2.13. The van der Waals surface area contributed by atoms with E-state index in [2.05, 4.69) is 27.5 Å². The molecular formula is C20H20N4OS. The predicted molar refractivity (Wildman–Crippen MR) is 103 cm³/mol. The van der Waals surface area contributed by atoms with Gasteiger partial charge in [-0.15, -0.1) is 11.8 Å². The highest BCUT2D eigenvalue weighted by atomic mass is 32.2. The van der Waals surface area contributed by atoms with Gasteiger partial charge in [-0.2, -0.15) is 5.10 Å². The molecule has 1 aliphatic rings. The van der Waals surface area contributed by atoms with Crippen molar-refractivity contribution < 1.29 is 4.79 Å². The van der Waals surface area contributed by atoms with Crippen LogP contribution in [0.1, 0.15) is 33.5 Å². The number of carbonyl (C=O) groups excluding carboxylic acids is 1. The Labute approximate surface area is 156 Å². The number of thioether (sulfide) groups is 1. The van der Waals surface area contributed by atoms with Crippen LogP contribution in [0.4, 0.5) is 5.69 Å². The Morgan fingerprint density at radius 1 is 1.19 bits per heavy atom. The minimum absolute atomic E-state index is 0.117. The number of hydrogen-bond acceptors (Lipinski definition) is 4. The van der Waals surface area contributed by atoms with Gasteiger partial charge in [-0.1, -0.05) is 6.07 Å². The lowest BCUT2D eigenvalue weighted by atomic mass is 10.1. The molecule has 0 fully saturated rings. The summed E-state index contributed by atoms with van der Waals surface area (Å²) in [6, 6.07) is 10.2. The molecule has 2 aromatic heterocycles. The Kier molecular flexibility index (Phi) is 4.75. The number of rotatable bonds is 5. The fourth-order valence-electron chi connectivity index (χ4n) is 3.23. The van der Waals surface area contributed by atoms with Crippen LogP contribution in [0.25, 0.3) is 0 Å². The van der Waals surface area contributed by atoms with Gasteiger partial charge in [-0.3, -0.25) is 14.5 Å². The average molecular weight is 364 g/mol. The van der Waals surface area contributed by atoms with Gasteiger partial charge < -0.3 is 5.32 Å². The first-order valence-electron chi connectivity index (χ1n) is 8.67. The van der Waals surface area contributed by atoms with Gasteiger partial charge in [0.05, 0.1) is 11.8 Å². The van der Waals surface area contributed by atoms with Gasteiger partial charge in [0, 0.05) is 30.9 Å². The zero-order valence-electron chi connectivity index (χ0n) is 14.6. The molecule has 6 heteroatoms. The second-order valence-electron chi connectivity index (χ2n) is 6.42. The molecular weight excluding hydrogens is 344 g/mol. The van der Waals surface area contributed by atoms with E-state index in [4.69, 9.17) is 0 Å². The van der Waals surface area contributed by atoms with Crippen molar-refractivity contribution in [3.8, 4) is 0 Å². The van der Waals surface area contributed by atoms with E-state index in [-0.39, 0.29) is 5.91 Å². The summed E-state index contributed by atoms with van der Waals surface area (Å²) < 4.78 is 1.75. The maximum atomic E-state index is 12.8. The highest BCUT2D eigenvalue weighted by Crippen LogP contribution is 2.28. The molecule has 0 aliphatic heterocycles. The predicted octanol–water partition coefficient (Wildman–Crippen LogP) is 3.85. The lowest BCUT2D eigenvalue weighted by molar-refractivity contribution is 0.102. The molecule has 26 heavy (non-hydrogen) atoms. The van der Waals surface area contributed by atoms with Crippen molar-refractivity contribution in [1.82, 2.24) is 14.8 Å². The SMILES string of the molecule is Cn1ncc(C(=O)Nc2ccc3c(c2)CCC3)c1SCc1ccncc1. The summed E-state index contributed by atoms with van der Waals surface area (Å²) in [7, 11) is 1.86. The number of fused-ring (bicyclic) bond motifs is 1. The molecule has 3 aromatic rings. The largest absolute Gasteiger partial charge is 0.322 e. The molecule has 0 unspecified atom stereocenters. The molecule has 0 atom stereocenters. The quantitative estimate of drug-likeness (QED) is 0.699. The highest BCUT2D eigenvalue weighted by molar-refractivity contribution is 7.98. The molecule has 2 heterocycles. The number of pyridine rings is 1. The van der Waals surface area contributed by atoms with Gasteiger partial charge in [0.15, 0.2) is 0 Å². The Balaban J connectivity index is 1.49. The van der Waals surface area contributed by atoms with Crippen molar-refractivity contribution in [2.24, 2.45) is 7.05 Å². The first kappa shape index (κ1) is 16.8. The van der Waals surface area contributed by atoms with E-state index < -0.39 is 0 Å². The van der Waals surface area contributed by atoms with Crippen LogP contribution in [0, 0.1) is 0 Å². The van der Waals surface area contributed by atoms with Crippen LogP contribution in [0.2, 0.25) is 0 Å². The normalized spacial score (nSPS) is 12.8. The smallest absolute Gasteiger partial charge is 0.260 e. The fraction of sp³-hybridized carbons (Fsp3) is 0.250. The van der Waals surface area contributed by atoms with Crippen molar-refractivity contribution in [3.05, 3.63) is 71.2 Å². The van der Waals surface area contributed by atoms with Crippen LogP contribution in [0.5, 0.6) is 0 Å². The molecule has 1 aliphatic carbocycles. The number of hydrogen-bond donors (Lipinski definition) is 1. The van der Waals surface area contributed by atoms with Crippen molar-refractivity contribution in [3.63, 3.8) is 0 Å². The summed E-state index contributed by atoms with van der Waals surface area (Å²) in [4.78, 5) is 16.8. The van der Waals surface area contributed by atoms with E-state index in [1.54, 1.807) is 35.0 Å². The molecule has 4 rings (SSSR count). The molecule has 0 radical (unpaired) electrons. The summed E-state index contributed by atoms with van der Waals surface area (Å²) in [5.74, 6) is 0.648. The number of amides is 1. The van der Waals surface area contributed by atoms with E-state index in [0.717, 1.165) is 34.9 Å². The number of anilines is 1. The number of aromatic nitrogens is 3. The Morgan fingerprint density at radius 2 is 2.00 bits per heavy atom. The second kappa shape index (κ2) is 7.33. The van der Waals surface area contributed by atoms with E-state index in [9.17, 15) is 4.79 Å². The third-order valence-electron chi connectivity index (χ3n) is 4.61. The summed E-state index contributed by atoms with van der Waals surface area (Å²) in [5, 5.41) is 8.16. The van der Waals surface area contributed by atoms with Gasteiger partial charge in [-0.05, 0) is 60.2 Å². The molecule has 0 bridgehead atoms. The molecule has 5 nitrogen and oxygen atoms in total. The van der Waals surface area contributed by atoms with Gasteiger partial charge >= 0.3 is 0 Å². The first-order chi connectivity index (χ1) is 12.7. The van der Waals surface area contributed by atoms with Crippen molar-refractivity contribution in [1.29, 1.82) is 0 Å². The van der Waals surface area contributed by atoms with Crippen LogP contribution in [-0.4, -0.2) is 20.7 Å². The van der Waals surface area contributed by atoms with Crippen LogP contribution in [0.15, 0.2) is 53.9 Å². The molecule has 1 N–H and O–H groups in total. The van der Waals surface area contributed by atoms with Crippen LogP contribution < -0.4 is 5.32 Å². The molecule has 0 spiro atoms. The van der Waals surface area contributed by atoms with Crippen LogP contribution in [0.3, 0.4) is 0 Å². The van der Waals surface area contributed by atoms with Crippen molar-refractivity contribution >= 4 is 23.4 Å². The average Bonchev–Trinajstić information content (AvgIpc) is 3.27. The highest BCUT2D eigenvalue weighted by Gasteiger charge is 2.18. The maximum Gasteiger partial charge on any atom is 0.260 e. The Morgan fingerprint density at radius 3 is 2.85 bits per heavy atom. The van der Waals surface area contributed by atoms with E-state index in [1.165, 1.54) is 17.5 Å². The van der Waals surface area contributed by atoms with Gasteiger partial charge in [-0.25, -0.2) is 0 Å². The molecule has 0 saturated carbocycles. The van der Waals surface area contributed by atoms with Gasteiger partial charge in [0.25, 0.3) is 5.91 Å². The summed E-state index contributed by atoms with van der Waals surface area (Å²) in [6.45, 7) is 0. The van der Waals surface area contributed by atoms with Crippen molar-refractivity contribution in [2.45, 2.75) is 30.0 Å². The second-order valence-corrected chi connectivity index (χ2v) is 7.39. The van der Waals surface area contributed by atoms with E-state index in [1.807, 2.05) is 25.2 Å². The van der Waals surface area contributed by atoms with E-state index in [0.29, 0.717) is 5.56 Å². The third-order valence-corrected chi connectivity index (χ3v) is 5.85. The van der Waals surface area contributed by atoms with Crippen LogP contribution >= 0.6 is 11.8 Å². The summed E-state index contributed by atoms with van der Waals surface area (Å²) in [6.07, 6.45) is 8.63. The lowest BCUT2D eigenvalue weighted by Gasteiger charge is -2.09. The number of benzene rings is 1. The summed E-state index contributed by atoms with van der Waals surface area (Å²) >= 11 is 1.60. The minimum Gasteiger partial charge on any atom is -0.322 e. The molecule has 1 amide bonds. The molecule has 132 valence electrons. The standard InChI is InChI=1S/C20H20N4OS/c1-24-20(26-13-14-7-9-21-10-8-14)18(12-22-24)19(25)23-17-6-5-15-3-2-4-16(15)11-17/h5-12H,2-4,13H2,1H3,(H,23,25). The number of carbonyl (C=O) groups is 1. The zero-order chi connectivity index (χ0) is 17.9. The zero-order valence-corrected chi connectivity index (χ0v) is 15.4. The van der Waals surface area contributed by atoms with Crippen LogP contribution in [-0.2, 0) is 25.6 Å². The molecule has 1 aromatic carbocycles. The Bertz CT molecular complexity index is 936. The maximum absolute atomic E-state index is 12.8. The van der Waals surface area contributed by atoms with Gasteiger partial charge in [0.1, 0.15) is 5.03 Å². The number of aryl methyl sites for hydroxylation is 3. The first-order valence-corrected chi connectivity index (χ1v) is 9.66.